The van der Waals surface area contributed by atoms with E-state index in [9.17, 15) is 4.79 Å². The molecule has 2 N–H and O–H groups in total. The van der Waals surface area contributed by atoms with E-state index in [1.165, 1.54) is 0 Å². The summed E-state index contributed by atoms with van der Waals surface area (Å²) in [4.78, 5) is 12.4. The molecular formula is C20H25BrN2O2. The fourth-order valence-corrected chi connectivity index (χ4v) is 3.00. The summed E-state index contributed by atoms with van der Waals surface area (Å²) in [5.41, 5.74) is 3.67. The first-order valence-electron chi connectivity index (χ1n) is 8.63. The van der Waals surface area contributed by atoms with E-state index in [0.717, 1.165) is 46.3 Å². The number of rotatable bonds is 7. The van der Waals surface area contributed by atoms with Gasteiger partial charge in [0.1, 0.15) is 5.75 Å². The highest BCUT2D eigenvalue weighted by Gasteiger charge is 2.14. The number of ether oxygens (including phenoxy) is 1. The molecule has 134 valence electrons. The number of anilines is 2. The van der Waals surface area contributed by atoms with Crippen LogP contribution in [0.15, 0.2) is 40.9 Å². The summed E-state index contributed by atoms with van der Waals surface area (Å²) < 4.78 is 6.85. The monoisotopic (exact) mass is 404 g/mol. The van der Waals surface area contributed by atoms with Crippen molar-refractivity contribution in [3.8, 4) is 5.75 Å². The fraction of sp³-hybridized carbons (Fsp3) is 0.350. The second-order valence-electron chi connectivity index (χ2n) is 5.99. The maximum Gasteiger partial charge on any atom is 0.323 e. The molecule has 5 heteroatoms. The number of amides is 2. The van der Waals surface area contributed by atoms with E-state index in [-0.39, 0.29) is 6.03 Å². The molecule has 0 fully saturated rings. The molecule has 0 saturated carbocycles. The van der Waals surface area contributed by atoms with Crippen LogP contribution in [-0.2, 0) is 6.42 Å². The molecule has 4 nitrogen and oxygen atoms in total. The van der Waals surface area contributed by atoms with Gasteiger partial charge in [0.05, 0.1) is 12.3 Å². The third-order valence-corrected chi connectivity index (χ3v) is 4.12. The van der Waals surface area contributed by atoms with Gasteiger partial charge in [0.25, 0.3) is 0 Å². The summed E-state index contributed by atoms with van der Waals surface area (Å²) in [6.45, 7) is 6.82. The highest BCUT2D eigenvalue weighted by Crippen LogP contribution is 2.34. The second kappa shape index (κ2) is 9.47. The van der Waals surface area contributed by atoms with Gasteiger partial charge in [-0.05, 0) is 49.6 Å². The number of halogens is 1. The minimum absolute atomic E-state index is 0.286. The second-order valence-corrected chi connectivity index (χ2v) is 6.90. The average molecular weight is 405 g/mol. The molecule has 2 aromatic rings. The standard InChI is InChI=1S/C20H25BrN2O2/c1-4-6-15-12-16(21)13-18(19(15)25-11-5-2)23-20(24)22-17-9-7-14(3)8-10-17/h7-10,12-13H,4-6,11H2,1-3H3,(H2,22,23,24). The summed E-state index contributed by atoms with van der Waals surface area (Å²) >= 11 is 3.52. The molecule has 2 aromatic carbocycles. The molecule has 0 aliphatic heterocycles. The Morgan fingerprint density at radius 2 is 1.80 bits per heavy atom. The van der Waals surface area contributed by atoms with E-state index in [1.54, 1.807) is 0 Å². The molecule has 2 amide bonds. The van der Waals surface area contributed by atoms with Gasteiger partial charge in [0.2, 0.25) is 0 Å². The number of benzene rings is 2. The highest BCUT2D eigenvalue weighted by molar-refractivity contribution is 9.10. The first-order chi connectivity index (χ1) is 12.0. The number of nitrogens with one attached hydrogen (secondary N) is 2. The van der Waals surface area contributed by atoms with E-state index in [0.29, 0.717) is 12.3 Å². The van der Waals surface area contributed by atoms with Gasteiger partial charge in [-0.2, -0.15) is 0 Å². The van der Waals surface area contributed by atoms with Crippen LogP contribution in [0.3, 0.4) is 0 Å². The van der Waals surface area contributed by atoms with Gasteiger partial charge in [-0.1, -0.05) is 53.9 Å². The van der Waals surface area contributed by atoms with Gasteiger partial charge >= 0.3 is 6.03 Å². The van der Waals surface area contributed by atoms with Crippen molar-refractivity contribution in [2.45, 2.75) is 40.0 Å². The van der Waals surface area contributed by atoms with Crippen molar-refractivity contribution >= 4 is 33.3 Å². The van der Waals surface area contributed by atoms with Crippen LogP contribution in [0.4, 0.5) is 16.2 Å². The van der Waals surface area contributed by atoms with Gasteiger partial charge in [-0.3, -0.25) is 0 Å². The lowest BCUT2D eigenvalue weighted by atomic mass is 10.1. The number of hydrogen-bond donors (Lipinski definition) is 2. The lowest BCUT2D eigenvalue weighted by Crippen LogP contribution is -2.20. The topological polar surface area (TPSA) is 50.4 Å². The Kier molecular flexibility index (Phi) is 7.31. The summed E-state index contributed by atoms with van der Waals surface area (Å²) in [5.74, 6) is 0.756. The maximum atomic E-state index is 12.4. The first kappa shape index (κ1) is 19.3. The van der Waals surface area contributed by atoms with Crippen molar-refractivity contribution in [3.05, 3.63) is 52.0 Å². The largest absolute Gasteiger partial charge is 0.491 e. The van der Waals surface area contributed by atoms with E-state index in [1.807, 2.05) is 37.3 Å². The van der Waals surface area contributed by atoms with E-state index < -0.39 is 0 Å². The molecule has 0 aliphatic carbocycles. The maximum absolute atomic E-state index is 12.4. The summed E-state index contributed by atoms with van der Waals surface area (Å²) in [6, 6.07) is 11.3. The molecule has 0 saturated heterocycles. The minimum atomic E-state index is -0.286. The van der Waals surface area contributed by atoms with E-state index in [2.05, 4.69) is 46.5 Å². The summed E-state index contributed by atoms with van der Waals surface area (Å²) in [5, 5.41) is 5.77. The van der Waals surface area contributed by atoms with E-state index in [4.69, 9.17) is 4.74 Å². The Balaban J connectivity index is 2.20. The Labute approximate surface area is 158 Å². The quantitative estimate of drug-likeness (QED) is 0.581. The van der Waals surface area contributed by atoms with Crippen molar-refractivity contribution < 1.29 is 9.53 Å². The lowest BCUT2D eigenvalue weighted by molar-refractivity contribution is 0.261. The van der Waals surface area contributed by atoms with Crippen molar-refractivity contribution in [1.82, 2.24) is 0 Å². The van der Waals surface area contributed by atoms with Crippen LogP contribution in [-0.4, -0.2) is 12.6 Å². The minimum Gasteiger partial charge on any atom is -0.491 e. The zero-order valence-corrected chi connectivity index (χ0v) is 16.6. The number of hydrogen-bond acceptors (Lipinski definition) is 2. The molecule has 0 aliphatic rings. The summed E-state index contributed by atoms with van der Waals surface area (Å²) in [7, 11) is 0. The van der Waals surface area contributed by atoms with Crippen LogP contribution in [0.25, 0.3) is 0 Å². The van der Waals surface area contributed by atoms with Crippen molar-refractivity contribution in [1.29, 1.82) is 0 Å². The molecule has 0 unspecified atom stereocenters. The van der Waals surface area contributed by atoms with Crippen molar-refractivity contribution in [2.75, 3.05) is 17.2 Å². The molecule has 25 heavy (non-hydrogen) atoms. The number of carbonyl (C=O) groups excluding carboxylic acids is 1. The van der Waals surface area contributed by atoms with Gasteiger partial charge in [0.15, 0.2) is 0 Å². The normalized spacial score (nSPS) is 10.4. The van der Waals surface area contributed by atoms with Gasteiger partial charge in [-0.15, -0.1) is 0 Å². The zero-order valence-electron chi connectivity index (χ0n) is 15.0. The molecule has 0 heterocycles. The van der Waals surface area contributed by atoms with Crippen LogP contribution in [0, 0.1) is 6.92 Å². The molecule has 0 atom stereocenters. The Bertz CT molecular complexity index is 714. The van der Waals surface area contributed by atoms with Crippen molar-refractivity contribution in [2.24, 2.45) is 0 Å². The van der Waals surface area contributed by atoms with Gasteiger partial charge in [0, 0.05) is 10.2 Å². The van der Waals surface area contributed by atoms with Crippen LogP contribution in [0.5, 0.6) is 5.75 Å². The molecule has 2 rings (SSSR count). The van der Waals surface area contributed by atoms with Crippen LogP contribution in [0.1, 0.15) is 37.8 Å². The van der Waals surface area contributed by atoms with Gasteiger partial charge < -0.3 is 15.4 Å². The fourth-order valence-electron chi connectivity index (χ4n) is 2.49. The van der Waals surface area contributed by atoms with Crippen LogP contribution >= 0.6 is 15.9 Å². The zero-order chi connectivity index (χ0) is 18.2. The predicted molar refractivity (Wildman–Crippen MR) is 108 cm³/mol. The molecule has 0 radical (unpaired) electrons. The molecule has 0 bridgehead atoms. The lowest BCUT2D eigenvalue weighted by Gasteiger charge is -2.17. The first-order valence-corrected chi connectivity index (χ1v) is 9.42. The Morgan fingerprint density at radius 3 is 2.44 bits per heavy atom. The molecular weight excluding hydrogens is 380 g/mol. The van der Waals surface area contributed by atoms with E-state index >= 15 is 0 Å². The van der Waals surface area contributed by atoms with Gasteiger partial charge in [-0.25, -0.2) is 4.79 Å². The molecule has 0 spiro atoms. The third-order valence-electron chi connectivity index (χ3n) is 3.66. The van der Waals surface area contributed by atoms with Crippen LogP contribution < -0.4 is 15.4 Å². The van der Waals surface area contributed by atoms with Crippen molar-refractivity contribution in [3.63, 3.8) is 0 Å². The summed E-state index contributed by atoms with van der Waals surface area (Å²) in [6.07, 6.45) is 2.82. The Hall–Kier alpha value is -2.01. The van der Waals surface area contributed by atoms with Crippen LogP contribution in [0.2, 0.25) is 0 Å². The SMILES string of the molecule is CCCOc1c(CCC)cc(Br)cc1NC(=O)Nc1ccc(C)cc1. The number of urea groups is 1. The average Bonchev–Trinajstić information content (AvgIpc) is 2.56. The highest BCUT2D eigenvalue weighted by atomic mass is 79.9. The third kappa shape index (κ3) is 5.78. The number of carbonyl (C=O) groups is 1. The molecule has 0 aromatic heterocycles. The Morgan fingerprint density at radius 1 is 1.08 bits per heavy atom. The number of aryl methyl sites for hydroxylation is 2. The smallest absolute Gasteiger partial charge is 0.323 e. The predicted octanol–water partition coefficient (Wildman–Crippen LogP) is 6.14.